The minimum atomic E-state index is -2.36. The van der Waals surface area contributed by atoms with Crippen LogP contribution >= 0.6 is 11.3 Å². The molecule has 2 aromatic carbocycles. The molecule has 1 unspecified atom stereocenters. The molecule has 1 amide bonds. The second-order valence-electron chi connectivity index (χ2n) is 9.26. The molecule has 0 radical (unpaired) electrons. The number of rotatable bonds is 8. The lowest BCUT2D eigenvalue weighted by atomic mass is 9.96. The molecule has 0 aliphatic heterocycles. The number of nitrogens with one attached hydrogen (secondary N) is 1. The number of hydrogen-bond acceptors (Lipinski definition) is 7. The van der Waals surface area contributed by atoms with Crippen LogP contribution in [0.1, 0.15) is 38.5 Å². The highest BCUT2D eigenvalue weighted by molar-refractivity contribution is 7.15. The van der Waals surface area contributed by atoms with Crippen LogP contribution < -0.4 is 5.32 Å². The van der Waals surface area contributed by atoms with Gasteiger partial charge in [0.15, 0.2) is 5.13 Å². The SMILES string of the molecule is CN(CC(F)F)C1CCc2nc(NC(=O)c3cccc(Cn4cc(-c5ccc(C#N)cc5)nn4)c3)sc2C1. The van der Waals surface area contributed by atoms with Gasteiger partial charge in [0.05, 0.1) is 36.6 Å². The van der Waals surface area contributed by atoms with Gasteiger partial charge in [-0.15, -0.1) is 16.4 Å². The summed E-state index contributed by atoms with van der Waals surface area (Å²) in [5, 5.41) is 20.8. The number of carbonyl (C=O) groups is 1. The molecule has 4 aromatic rings. The van der Waals surface area contributed by atoms with Gasteiger partial charge in [-0.2, -0.15) is 5.26 Å². The summed E-state index contributed by atoms with van der Waals surface area (Å²) in [4.78, 5) is 20.3. The third-order valence-corrected chi connectivity index (χ3v) is 7.60. The van der Waals surface area contributed by atoms with E-state index in [9.17, 15) is 13.6 Å². The fourth-order valence-corrected chi connectivity index (χ4v) is 5.62. The first-order chi connectivity index (χ1) is 18.4. The molecule has 0 saturated heterocycles. The first-order valence-corrected chi connectivity index (χ1v) is 13.0. The summed E-state index contributed by atoms with van der Waals surface area (Å²) >= 11 is 1.41. The van der Waals surface area contributed by atoms with Gasteiger partial charge in [-0.3, -0.25) is 15.0 Å². The number of carbonyl (C=O) groups excluding carboxylic acids is 1. The Morgan fingerprint density at radius 2 is 2.11 bits per heavy atom. The number of amides is 1. The molecule has 194 valence electrons. The van der Waals surface area contributed by atoms with E-state index in [1.165, 1.54) is 11.3 Å². The molecule has 38 heavy (non-hydrogen) atoms. The monoisotopic (exact) mass is 533 g/mol. The summed E-state index contributed by atoms with van der Waals surface area (Å²) in [6, 6.07) is 16.6. The Morgan fingerprint density at radius 1 is 1.29 bits per heavy atom. The highest BCUT2D eigenvalue weighted by Crippen LogP contribution is 2.32. The quantitative estimate of drug-likeness (QED) is 0.355. The van der Waals surface area contributed by atoms with E-state index in [4.69, 9.17) is 5.26 Å². The summed E-state index contributed by atoms with van der Waals surface area (Å²) in [6.45, 7) is 0.188. The number of benzene rings is 2. The normalized spacial score (nSPS) is 14.9. The second kappa shape index (κ2) is 11.2. The van der Waals surface area contributed by atoms with Gasteiger partial charge >= 0.3 is 0 Å². The Hall–Kier alpha value is -4.01. The van der Waals surface area contributed by atoms with Gasteiger partial charge in [0.25, 0.3) is 12.3 Å². The average Bonchev–Trinajstić information content (AvgIpc) is 3.54. The van der Waals surface area contributed by atoms with E-state index in [1.54, 1.807) is 40.9 Å². The van der Waals surface area contributed by atoms with E-state index in [0.29, 0.717) is 41.3 Å². The van der Waals surface area contributed by atoms with E-state index >= 15 is 0 Å². The van der Waals surface area contributed by atoms with Crippen LogP contribution in [-0.2, 0) is 19.4 Å². The van der Waals surface area contributed by atoms with Crippen LogP contribution in [0.5, 0.6) is 0 Å². The zero-order valence-corrected chi connectivity index (χ0v) is 21.5. The van der Waals surface area contributed by atoms with Crippen LogP contribution in [0.4, 0.5) is 13.9 Å². The molecule has 0 saturated carbocycles. The Balaban J connectivity index is 1.22. The average molecular weight is 534 g/mol. The number of halogens is 2. The first kappa shape index (κ1) is 25.6. The number of fused-ring (bicyclic) bond motifs is 1. The van der Waals surface area contributed by atoms with Gasteiger partial charge in [0.2, 0.25) is 0 Å². The molecule has 0 spiro atoms. The van der Waals surface area contributed by atoms with Crippen LogP contribution in [0.25, 0.3) is 11.3 Å². The Kier molecular flexibility index (Phi) is 7.53. The highest BCUT2D eigenvalue weighted by atomic mass is 32.1. The first-order valence-electron chi connectivity index (χ1n) is 12.2. The van der Waals surface area contributed by atoms with Crippen molar-refractivity contribution in [3.8, 4) is 17.3 Å². The van der Waals surface area contributed by atoms with Crippen molar-refractivity contribution in [1.82, 2.24) is 24.9 Å². The van der Waals surface area contributed by atoms with Gasteiger partial charge in [0.1, 0.15) is 5.69 Å². The summed E-state index contributed by atoms with van der Waals surface area (Å²) < 4.78 is 27.2. The lowest BCUT2D eigenvalue weighted by molar-refractivity contribution is 0.0772. The molecule has 11 heteroatoms. The minimum Gasteiger partial charge on any atom is -0.298 e. The predicted octanol–water partition coefficient (Wildman–Crippen LogP) is 4.63. The lowest BCUT2D eigenvalue weighted by Gasteiger charge is -2.30. The van der Waals surface area contributed by atoms with Crippen LogP contribution in [-0.4, -0.2) is 56.8 Å². The summed E-state index contributed by atoms with van der Waals surface area (Å²) in [5.41, 5.74) is 4.45. The number of aryl methyl sites for hydroxylation is 1. The minimum absolute atomic E-state index is 0.0476. The van der Waals surface area contributed by atoms with Crippen LogP contribution in [0.15, 0.2) is 54.7 Å². The van der Waals surface area contributed by atoms with Crippen molar-refractivity contribution in [2.45, 2.75) is 38.3 Å². The smallest absolute Gasteiger partial charge is 0.257 e. The zero-order chi connectivity index (χ0) is 26.6. The van der Waals surface area contributed by atoms with Crippen molar-refractivity contribution in [2.75, 3.05) is 18.9 Å². The Morgan fingerprint density at radius 3 is 2.87 bits per heavy atom. The maximum Gasteiger partial charge on any atom is 0.257 e. The molecule has 2 heterocycles. The van der Waals surface area contributed by atoms with Crippen molar-refractivity contribution in [2.24, 2.45) is 0 Å². The van der Waals surface area contributed by atoms with Crippen molar-refractivity contribution in [3.63, 3.8) is 0 Å². The number of aromatic nitrogens is 4. The van der Waals surface area contributed by atoms with Crippen molar-refractivity contribution >= 4 is 22.4 Å². The van der Waals surface area contributed by atoms with Gasteiger partial charge in [-0.1, -0.05) is 29.5 Å². The Labute approximate surface area is 222 Å². The number of anilines is 1. The number of alkyl halides is 2. The fourth-order valence-electron chi connectivity index (χ4n) is 4.54. The molecule has 2 aromatic heterocycles. The third kappa shape index (κ3) is 5.93. The number of thiazole rings is 1. The highest BCUT2D eigenvalue weighted by Gasteiger charge is 2.27. The fraction of sp³-hybridized carbons (Fsp3) is 0.296. The van der Waals surface area contributed by atoms with Crippen molar-refractivity contribution in [3.05, 3.63) is 82.0 Å². The van der Waals surface area contributed by atoms with Crippen LogP contribution in [0.2, 0.25) is 0 Å². The second-order valence-corrected chi connectivity index (χ2v) is 10.3. The van der Waals surface area contributed by atoms with Gasteiger partial charge in [-0.25, -0.2) is 18.4 Å². The van der Waals surface area contributed by atoms with Crippen LogP contribution in [0.3, 0.4) is 0 Å². The molecule has 0 fully saturated rings. The number of likely N-dealkylation sites (N-methyl/N-ethyl adjacent to an activating group) is 1. The maximum absolute atomic E-state index is 13.0. The molecular weight excluding hydrogens is 508 g/mol. The topological polar surface area (TPSA) is 99.7 Å². The number of nitrogens with zero attached hydrogens (tertiary/aromatic N) is 6. The zero-order valence-electron chi connectivity index (χ0n) is 20.6. The third-order valence-electron chi connectivity index (χ3n) is 6.57. The Bertz CT molecular complexity index is 1480. The molecule has 1 aliphatic carbocycles. The van der Waals surface area contributed by atoms with E-state index in [2.05, 4.69) is 26.7 Å². The maximum atomic E-state index is 13.0. The van der Waals surface area contributed by atoms with Gasteiger partial charge in [0, 0.05) is 22.0 Å². The van der Waals surface area contributed by atoms with Crippen LogP contribution in [0, 0.1) is 11.3 Å². The molecule has 5 rings (SSSR count). The summed E-state index contributed by atoms with van der Waals surface area (Å²) in [7, 11) is 1.73. The largest absolute Gasteiger partial charge is 0.298 e. The van der Waals surface area contributed by atoms with Crippen molar-refractivity contribution < 1.29 is 13.6 Å². The summed E-state index contributed by atoms with van der Waals surface area (Å²) in [6.07, 6.45) is 1.59. The standard InChI is InChI=1S/C27H25F2N7OS/c1-35(16-25(28)29)21-9-10-22-24(12-21)38-27(31-22)32-26(37)20-4-2-3-18(11-20)14-36-15-23(33-34-36)19-7-5-17(13-30)6-8-19/h2-8,11,15,21,25H,9-10,12,14,16H2,1H3,(H,31,32,37). The van der Waals surface area contributed by atoms with E-state index in [0.717, 1.165) is 28.1 Å². The van der Waals surface area contributed by atoms with E-state index in [1.807, 2.05) is 30.5 Å². The molecular formula is C27H25F2N7OS. The molecule has 1 N–H and O–H groups in total. The molecule has 1 atom stereocenters. The van der Waals surface area contributed by atoms with Crippen molar-refractivity contribution in [1.29, 1.82) is 5.26 Å². The van der Waals surface area contributed by atoms with Gasteiger partial charge in [-0.05, 0) is 56.1 Å². The van der Waals surface area contributed by atoms with E-state index < -0.39 is 6.43 Å². The van der Waals surface area contributed by atoms with Gasteiger partial charge < -0.3 is 0 Å². The predicted molar refractivity (Wildman–Crippen MR) is 140 cm³/mol. The number of nitriles is 1. The number of hydrogen-bond donors (Lipinski definition) is 1. The van der Waals surface area contributed by atoms with E-state index in [-0.39, 0.29) is 18.5 Å². The lowest BCUT2D eigenvalue weighted by Crippen LogP contribution is -2.38. The molecule has 1 aliphatic rings. The summed E-state index contributed by atoms with van der Waals surface area (Å²) in [5.74, 6) is -0.263. The molecule has 0 bridgehead atoms. The molecule has 8 nitrogen and oxygen atoms in total.